The highest BCUT2D eigenvalue weighted by atomic mass is 35.5. The predicted molar refractivity (Wildman–Crippen MR) is 107 cm³/mol. The summed E-state index contributed by atoms with van der Waals surface area (Å²) in [5, 5.41) is 12.1. The van der Waals surface area contributed by atoms with Crippen LogP contribution in [0.3, 0.4) is 0 Å². The van der Waals surface area contributed by atoms with E-state index in [1.807, 2.05) is 0 Å². The summed E-state index contributed by atoms with van der Waals surface area (Å²) in [7, 11) is -3.98. The van der Waals surface area contributed by atoms with E-state index in [4.69, 9.17) is 11.6 Å². The molecule has 1 amide bonds. The Morgan fingerprint density at radius 2 is 2.00 bits per heavy atom. The van der Waals surface area contributed by atoms with E-state index in [1.54, 1.807) is 24.3 Å². The van der Waals surface area contributed by atoms with Crippen LogP contribution >= 0.6 is 11.6 Å². The minimum Gasteiger partial charge on any atom is -0.392 e. The zero-order valence-electron chi connectivity index (χ0n) is 14.8. The number of sulfonamides is 1. The quantitative estimate of drug-likeness (QED) is 0.657. The van der Waals surface area contributed by atoms with Gasteiger partial charge in [-0.25, -0.2) is 8.42 Å². The first-order chi connectivity index (χ1) is 12.8. The van der Waals surface area contributed by atoms with Crippen molar-refractivity contribution in [1.82, 2.24) is 5.32 Å². The first-order valence-electron chi connectivity index (χ1n) is 8.22. The topological polar surface area (TPSA) is 86.7 Å². The van der Waals surface area contributed by atoms with E-state index in [2.05, 4.69) is 11.9 Å². The van der Waals surface area contributed by atoms with E-state index in [0.717, 1.165) is 4.31 Å². The average molecular weight is 409 g/mol. The highest BCUT2D eigenvalue weighted by Gasteiger charge is 2.26. The number of nitrogens with one attached hydrogen (secondary N) is 1. The van der Waals surface area contributed by atoms with Gasteiger partial charge in [-0.15, -0.1) is 6.58 Å². The molecule has 0 aliphatic heterocycles. The molecule has 2 aromatic carbocycles. The van der Waals surface area contributed by atoms with Crippen LogP contribution in [0, 0.1) is 0 Å². The molecule has 0 bridgehead atoms. The van der Waals surface area contributed by atoms with Crippen LogP contribution in [0.25, 0.3) is 0 Å². The van der Waals surface area contributed by atoms with E-state index < -0.39 is 22.0 Å². The van der Waals surface area contributed by atoms with Crippen LogP contribution in [-0.2, 0) is 10.0 Å². The Kier molecular flexibility index (Phi) is 7.01. The summed E-state index contributed by atoms with van der Waals surface area (Å²) in [5.74, 6) is -0.471. The lowest BCUT2D eigenvalue weighted by Crippen LogP contribution is -2.32. The maximum Gasteiger partial charge on any atom is 0.264 e. The summed E-state index contributed by atoms with van der Waals surface area (Å²) in [5.41, 5.74) is 0.498. The highest BCUT2D eigenvalue weighted by Crippen LogP contribution is 2.30. The number of anilines is 1. The number of amides is 1. The van der Waals surface area contributed by atoms with Gasteiger partial charge >= 0.3 is 0 Å². The van der Waals surface area contributed by atoms with Crippen LogP contribution in [0.5, 0.6) is 0 Å². The molecule has 0 saturated carbocycles. The third kappa shape index (κ3) is 5.09. The fraction of sp³-hybridized carbons (Fsp3) is 0.211. The summed E-state index contributed by atoms with van der Waals surface area (Å²) < 4.78 is 27.5. The Bertz CT molecular complexity index is 929. The number of aliphatic hydroxyl groups is 1. The van der Waals surface area contributed by atoms with Crippen molar-refractivity contribution in [2.75, 3.05) is 17.4 Å². The molecule has 0 saturated heterocycles. The normalized spacial score (nSPS) is 12.3. The number of aliphatic hydroxyl groups excluding tert-OH is 1. The van der Waals surface area contributed by atoms with Crippen molar-refractivity contribution >= 4 is 33.2 Å². The van der Waals surface area contributed by atoms with Gasteiger partial charge in [0.15, 0.2) is 0 Å². The molecule has 27 heavy (non-hydrogen) atoms. The Morgan fingerprint density at radius 1 is 1.30 bits per heavy atom. The number of halogens is 1. The number of para-hydroxylation sites is 1. The molecule has 0 aliphatic carbocycles. The van der Waals surface area contributed by atoms with Crippen molar-refractivity contribution in [2.24, 2.45) is 0 Å². The standard InChI is InChI=1S/C19H21ClN2O4S/c1-3-11-22(18-10-5-4-9-17(18)20)27(25,26)16-8-6-7-15(12-16)19(24)21-13-14(2)23/h3-10,12,14,23H,1,11,13H2,2H3,(H,21,24). The monoisotopic (exact) mass is 408 g/mol. The summed E-state index contributed by atoms with van der Waals surface area (Å²) in [6, 6.07) is 12.3. The number of benzene rings is 2. The van der Waals surface area contributed by atoms with Gasteiger partial charge in [-0.1, -0.05) is 35.9 Å². The second kappa shape index (κ2) is 9.03. The molecule has 2 rings (SSSR count). The molecular formula is C19H21ClN2O4S. The number of hydrogen-bond donors (Lipinski definition) is 2. The number of nitrogens with zero attached hydrogens (tertiary/aromatic N) is 1. The predicted octanol–water partition coefficient (Wildman–Crippen LogP) is 2.83. The first-order valence-corrected chi connectivity index (χ1v) is 10.0. The highest BCUT2D eigenvalue weighted by molar-refractivity contribution is 7.92. The van der Waals surface area contributed by atoms with Crippen LogP contribution in [0.4, 0.5) is 5.69 Å². The summed E-state index contributed by atoms with van der Waals surface area (Å²) in [6.07, 6.45) is 0.754. The van der Waals surface area contributed by atoms with Crippen molar-refractivity contribution in [2.45, 2.75) is 17.9 Å². The molecule has 0 fully saturated rings. The molecule has 0 spiro atoms. The van der Waals surface area contributed by atoms with Gasteiger partial charge in [-0.05, 0) is 37.3 Å². The van der Waals surface area contributed by atoms with Gasteiger partial charge in [-0.2, -0.15) is 0 Å². The lowest BCUT2D eigenvalue weighted by atomic mass is 10.2. The van der Waals surface area contributed by atoms with Gasteiger partial charge in [0.05, 0.1) is 28.3 Å². The maximum atomic E-state index is 13.2. The Balaban J connectivity index is 2.42. The molecule has 2 N–H and O–H groups in total. The van der Waals surface area contributed by atoms with Crippen molar-refractivity contribution < 1.29 is 18.3 Å². The third-order valence-electron chi connectivity index (χ3n) is 3.66. The maximum absolute atomic E-state index is 13.2. The smallest absolute Gasteiger partial charge is 0.264 e. The Morgan fingerprint density at radius 3 is 2.63 bits per heavy atom. The van der Waals surface area contributed by atoms with Gasteiger partial charge in [0.2, 0.25) is 0 Å². The Hall–Kier alpha value is -2.35. The molecule has 1 atom stereocenters. The molecular weight excluding hydrogens is 388 g/mol. The molecule has 0 aromatic heterocycles. The van der Waals surface area contributed by atoms with E-state index in [1.165, 1.54) is 37.3 Å². The van der Waals surface area contributed by atoms with E-state index in [9.17, 15) is 18.3 Å². The Labute approximate surface area is 164 Å². The van der Waals surface area contributed by atoms with Gasteiger partial charge in [0.25, 0.3) is 15.9 Å². The molecule has 0 aliphatic rings. The van der Waals surface area contributed by atoms with Crippen LogP contribution < -0.4 is 9.62 Å². The number of hydrogen-bond acceptors (Lipinski definition) is 4. The molecule has 6 nitrogen and oxygen atoms in total. The van der Waals surface area contributed by atoms with Crippen molar-refractivity contribution in [3.8, 4) is 0 Å². The van der Waals surface area contributed by atoms with Crippen molar-refractivity contribution in [3.05, 3.63) is 71.8 Å². The lowest BCUT2D eigenvalue weighted by Gasteiger charge is -2.24. The van der Waals surface area contributed by atoms with Gasteiger partial charge < -0.3 is 10.4 Å². The minimum atomic E-state index is -3.98. The van der Waals surface area contributed by atoms with Gasteiger partial charge in [-0.3, -0.25) is 9.10 Å². The van der Waals surface area contributed by atoms with Gasteiger partial charge in [0, 0.05) is 12.1 Å². The van der Waals surface area contributed by atoms with Crippen molar-refractivity contribution in [3.63, 3.8) is 0 Å². The lowest BCUT2D eigenvalue weighted by molar-refractivity contribution is 0.0924. The molecule has 144 valence electrons. The molecule has 0 radical (unpaired) electrons. The zero-order chi connectivity index (χ0) is 20.0. The molecule has 2 aromatic rings. The molecule has 8 heteroatoms. The third-order valence-corrected chi connectivity index (χ3v) is 5.75. The van der Waals surface area contributed by atoms with Crippen LogP contribution in [0.1, 0.15) is 17.3 Å². The second-order valence-corrected chi connectivity index (χ2v) is 8.13. The number of rotatable bonds is 8. The fourth-order valence-corrected chi connectivity index (χ4v) is 4.15. The minimum absolute atomic E-state index is 0.0184. The largest absolute Gasteiger partial charge is 0.392 e. The van der Waals surface area contributed by atoms with Crippen LogP contribution in [0.15, 0.2) is 66.1 Å². The van der Waals surface area contributed by atoms with E-state index >= 15 is 0 Å². The fourth-order valence-electron chi connectivity index (χ4n) is 2.36. The summed E-state index contributed by atoms with van der Waals surface area (Å²) in [6.45, 7) is 5.24. The van der Waals surface area contributed by atoms with Crippen LogP contribution in [0.2, 0.25) is 5.02 Å². The summed E-state index contributed by atoms with van der Waals surface area (Å²) >= 11 is 6.17. The average Bonchev–Trinajstić information content (AvgIpc) is 2.65. The molecule has 0 heterocycles. The number of carbonyl (C=O) groups is 1. The van der Waals surface area contributed by atoms with E-state index in [0.29, 0.717) is 5.69 Å². The summed E-state index contributed by atoms with van der Waals surface area (Å²) in [4.78, 5) is 12.1. The molecule has 1 unspecified atom stereocenters. The number of carbonyl (C=O) groups excluding carboxylic acids is 1. The second-order valence-electron chi connectivity index (χ2n) is 5.86. The SMILES string of the molecule is C=CCN(c1ccccc1Cl)S(=O)(=O)c1cccc(C(=O)NCC(C)O)c1. The van der Waals surface area contributed by atoms with Crippen LogP contribution in [-0.4, -0.2) is 38.6 Å². The zero-order valence-corrected chi connectivity index (χ0v) is 16.4. The first kappa shape index (κ1) is 21.0. The van der Waals surface area contributed by atoms with E-state index in [-0.39, 0.29) is 28.6 Å². The van der Waals surface area contributed by atoms with Gasteiger partial charge in [0.1, 0.15) is 0 Å². The van der Waals surface area contributed by atoms with Crippen molar-refractivity contribution in [1.29, 1.82) is 0 Å².